The number of aromatic nitrogens is 2. The van der Waals surface area contributed by atoms with Gasteiger partial charge >= 0.3 is 0 Å². The summed E-state index contributed by atoms with van der Waals surface area (Å²) in [4.78, 5) is 0. The molecular formula is C57H42N2. The molecule has 0 amide bonds. The Morgan fingerprint density at radius 2 is 1.02 bits per heavy atom. The summed E-state index contributed by atoms with van der Waals surface area (Å²) in [6.07, 6.45) is 5.76. The van der Waals surface area contributed by atoms with Crippen molar-refractivity contribution in [2.75, 3.05) is 0 Å². The quantitative estimate of drug-likeness (QED) is 0.166. The minimum absolute atomic E-state index is 0.0859. The number of hydrogen-bond acceptors (Lipinski definition) is 0. The van der Waals surface area contributed by atoms with Crippen LogP contribution in [0.5, 0.6) is 0 Å². The number of benzene rings is 8. The van der Waals surface area contributed by atoms with Gasteiger partial charge < -0.3 is 9.13 Å². The fourth-order valence-electron chi connectivity index (χ4n) is 10.3. The normalized spacial score (nSPS) is 15.1. The molecule has 8 aromatic carbocycles. The topological polar surface area (TPSA) is 9.86 Å². The molecule has 0 fully saturated rings. The Morgan fingerprint density at radius 1 is 0.441 bits per heavy atom. The smallest absolute Gasteiger partial charge is 0.0544 e. The number of nitrogens with zero attached hydrogens (tertiary/aromatic N) is 2. The van der Waals surface area contributed by atoms with Crippen molar-refractivity contribution in [2.45, 2.75) is 31.6 Å². The highest BCUT2D eigenvalue weighted by atomic mass is 15.0. The first-order chi connectivity index (χ1) is 29.0. The van der Waals surface area contributed by atoms with Crippen molar-refractivity contribution in [2.24, 2.45) is 0 Å². The van der Waals surface area contributed by atoms with E-state index in [-0.39, 0.29) is 11.3 Å². The summed E-state index contributed by atoms with van der Waals surface area (Å²) in [7, 11) is 0. The van der Waals surface area contributed by atoms with Crippen molar-refractivity contribution in [3.63, 3.8) is 0 Å². The standard InChI is InChI=1S/C57H42N2/c1-57(2)51-19-11-9-17-45(51)47-35-50-49-34-42(26-32-55(49)59(56(50)36-52(47)57)44-29-23-40(24-30-44)38-15-7-4-8-16-38)41-25-31-54-48(33-41)46-18-10-12-20-53(46)58(54)43-27-21-39(22-28-43)37-13-5-3-6-14-37/h3-32,34-36,41H,33H2,1-2H3. The van der Waals surface area contributed by atoms with Crippen LogP contribution in [-0.4, -0.2) is 9.13 Å². The van der Waals surface area contributed by atoms with Gasteiger partial charge in [0, 0.05) is 44.6 Å². The first-order valence-corrected chi connectivity index (χ1v) is 20.9. The molecule has 2 aliphatic rings. The highest BCUT2D eigenvalue weighted by Crippen LogP contribution is 2.51. The Labute approximate surface area is 345 Å². The molecule has 12 rings (SSSR count). The summed E-state index contributed by atoms with van der Waals surface area (Å²) in [5.41, 5.74) is 20.5. The van der Waals surface area contributed by atoms with Crippen molar-refractivity contribution in [3.8, 4) is 44.8 Å². The van der Waals surface area contributed by atoms with Gasteiger partial charge in [-0.25, -0.2) is 0 Å². The predicted octanol–water partition coefficient (Wildman–Crippen LogP) is 14.7. The van der Waals surface area contributed by atoms with E-state index in [0.29, 0.717) is 0 Å². The molecule has 0 aliphatic heterocycles. The van der Waals surface area contributed by atoms with Gasteiger partial charge in [0.1, 0.15) is 0 Å². The summed E-state index contributed by atoms with van der Waals surface area (Å²) < 4.78 is 4.94. The van der Waals surface area contributed by atoms with Crippen molar-refractivity contribution in [1.82, 2.24) is 9.13 Å². The number of hydrogen-bond donors (Lipinski definition) is 0. The van der Waals surface area contributed by atoms with Crippen molar-refractivity contribution >= 4 is 38.8 Å². The zero-order valence-corrected chi connectivity index (χ0v) is 33.2. The second-order valence-electron chi connectivity index (χ2n) is 16.9. The van der Waals surface area contributed by atoms with Gasteiger partial charge in [0.25, 0.3) is 0 Å². The van der Waals surface area contributed by atoms with Gasteiger partial charge in [-0.2, -0.15) is 0 Å². The SMILES string of the molecule is CC1(C)c2ccccc2-c2cc3c4cc(C5C=Cc6c(c7ccccc7n6-c6ccc(-c7ccccc7)cc6)C5)ccc4n(-c4ccc(-c5ccccc5)cc4)c3cc21. The summed E-state index contributed by atoms with van der Waals surface area (Å²) in [5.74, 6) is 0.254. The van der Waals surface area contributed by atoms with Crippen LogP contribution >= 0.6 is 0 Å². The maximum atomic E-state index is 2.49. The molecule has 2 heteroatoms. The highest BCUT2D eigenvalue weighted by molar-refractivity contribution is 6.12. The van der Waals surface area contributed by atoms with Crippen LogP contribution in [0.3, 0.4) is 0 Å². The number of rotatable bonds is 5. The second-order valence-corrected chi connectivity index (χ2v) is 16.9. The van der Waals surface area contributed by atoms with Gasteiger partial charge in [0.15, 0.2) is 0 Å². The van der Waals surface area contributed by atoms with Gasteiger partial charge in [0.2, 0.25) is 0 Å². The molecule has 2 aliphatic carbocycles. The van der Waals surface area contributed by atoms with E-state index < -0.39 is 0 Å². The lowest BCUT2D eigenvalue weighted by Crippen LogP contribution is -2.14. The fraction of sp³-hybridized carbons (Fsp3) is 0.0877. The first kappa shape index (κ1) is 33.9. The Morgan fingerprint density at radius 3 is 1.73 bits per heavy atom. The van der Waals surface area contributed by atoms with Crippen LogP contribution in [-0.2, 0) is 11.8 Å². The van der Waals surface area contributed by atoms with Crippen LogP contribution in [0.4, 0.5) is 0 Å². The molecule has 10 aromatic rings. The minimum atomic E-state index is -0.0859. The first-order valence-electron chi connectivity index (χ1n) is 20.9. The maximum Gasteiger partial charge on any atom is 0.0544 e. The van der Waals surface area contributed by atoms with Gasteiger partial charge in [0.05, 0.1) is 16.6 Å². The summed E-state index contributed by atoms with van der Waals surface area (Å²) in [6, 6.07) is 69.6. The number of para-hydroxylation sites is 1. The zero-order valence-electron chi connectivity index (χ0n) is 33.2. The molecule has 0 spiro atoms. The molecule has 59 heavy (non-hydrogen) atoms. The summed E-state index contributed by atoms with van der Waals surface area (Å²) in [5, 5.41) is 3.93. The van der Waals surface area contributed by atoms with Crippen LogP contribution in [0.15, 0.2) is 194 Å². The Balaban J connectivity index is 0.989. The van der Waals surface area contributed by atoms with E-state index in [1.807, 2.05) is 0 Å². The molecule has 1 atom stereocenters. The lowest BCUT2D eigenvalue weighted by atomic mass is 9.82. The molecule has 2 heterocycles. The van der Waals surface area contributed by atoms with E-state index in [1.165, 1.54) is 105 Å². The monoisotopic (exact) mass is 754 g/mol. The minimum Gasteiger partial charge on any atom is -0.310 e. The Kier molecular flexibility index (Phi) is 7.43. The van der Waals surface area contributed by atoms with E-state index in [9.17, 15) is 0 Å². The molecule has 2 nitrogen and oxygen atoms in total. The van der Waals surface area contributed by atoms with Crippen LogP contribution in [0, 0.1) is 0 Å². The maximum absolute atomic E-state index is 2.49. The predicted molar refractivity (Wildman–Crippen MR) is 248 cm³/mol. The zero-order chi connectivity index (χ0) is 39.2. The van der Waals surface area contributed by atoms with E-state index in [0.717, 1.165) is 6.42 Å². The third-order valence-electron chi connectivity index (χ3n) is 13.3. The van der Waals surface area contributed by atoms with E-state index in [1.54, 1.807) is 0 Å². The number of allylic oxidation sites excluding steroid dienone is 1. The molecule has 0 saturated heterocycles. The van der Waals surface area contributed by atoms with E-state index in [2.05, 4.69) is 223 Å². The Hall–Kier alpha value is -7.16. The van der Waals surface area contributed by atoms with Gasteiger partial charge in [-0.15, -0.1) is 0 Å². The molecule has 280 valence electrons. The average Bonchev–Trinajstić information content (AvgIpc) is 3.88. The molecule has 2 aromatic heterocycles. The van der Waals surface area contributed by atoms with Crippen molar-refractivity contribution in [1.29, 1.82) is 0 Å². The molecule has 0 radical (unpaired) electrons. The van der Waals surface area contributed by atoms with E-state index >= 15 is 0 Å². The van der Waals surface area contributed by atoms with Crippen molar-refractivity contribution < 1.29 is 0 Å². The summed E-state index contributed by atoms with van der Waals surface area (Å²) in [6.45, 7) is 4.76. The van der Waals surface area contributed by atoms with Gasteiger partial charge in [-0.05, 0) is 123 Å². The molecule has 0 N–H and O–H groups in total. The average molecular weight is 755 g/mol. The largest absolute Gasteiger partial charge is 0.310 e. The molecular weight excluding hydrogens is 713 g/mol. The van der Waals surface area contributed by atoms with Gasteiger partial charge in [-0.1, -0.05) is 153 Å². The van der Waals surface area contributed by atoms with Crippen LogP contribution in [0.2, 0.25) is 0 Å². The molecule has 0 saturated carbocycles. The molecule has 1 unspecified atom stereocenters. The van der Waals surface area contributed by atoms with Crippen LogP contribution < -0.4 is 0 Å². The van der Waals surface area contributed by atoms with Crippen LogP contribution in [0.1, 0.15) is 47.7 Å². The van der Waals surface area contributed by atoms with E-state index in [4.69, 9.17) is 0 Å². The van der Waals surface area contributed by atoms with Crippen molar-refractivity contribution in [3.05, 3.63) is 222 Å². The third-order valence-corrected chi connectivity index (χ3v) is 13.3. The fourth-order valence-corrected chi connectivity index (χ4v) is 10.3. The molecule has 0 bridgehead atoms. The Bertz CT molecular complexity index is 3290. The summed E-state index contributed by atoms with van der Waals surface area (Å²) >= 11 is 0. The van der Waals surface area contributed by atoms with Gasteiger partial charge in [-0.3, -0.25) is 0 Å². The lowest BCUT2D eigenvalue weighted by molar-refractivity contribution is 0.661. The third kappa shape index (κ3) is 5.19. The lowest BCUT2D eigenvalue weighted by Gasteiger charge is -2.21. The highest BCUT2D eigenvalue weighted by Gasteiger charge is 2.36. The van der Waals surface area contributed by atoms with Crippen LogP contribution in [0.25, 0.3) is 83.5 Å². The second kappa shape index (κ2) is 12.9. The number of fused-ring (bicyclic) bond motifs is 9.